The molecular formula is C18H12F2N2O3S. The van der Waals surface area contributed by atoms with Crippen molar-refractivity contribution in [3.8, 4) is 0 Å². The Bertz CT molecular complexity index is 913. The highest BCUT2D eigenvalue weighted by Gasteiger charge is 2.36. The number of halogens is 2. The summed E-state index contributed by atoms with van der Waals surface area (Å²) in [5, 5.41) is 1.89. The maximum absolute atomic E-state index is 13.2. The minimum atomic E-state index is -0.626. The van der Waals surface area contributed by atoms with E-state index < -0.39 is 35.2 Å². The van der Waals surface area contributed by atoms with Crippen molar-refractivity contribution in [3.63, 3.8) is 0 Å². The van der Waals surface area contributed by atoms with Crippen LogP contribution < -0.4 is 5.32 Å². The largest absolute Gasteiger partial charge is 0.325 e. The van der Waals surface area contributed by atoms with Gasteiger partial charge in [-0.1, -0.05) is 12.1 Å². The fourth-order valence-corrected chi connectivity index (χ4v) is 3.10. The molecule has 0 aliphatic carbocycles. The zero-order valence-electron chi connectivity index (χ0n) is 13.2. The third-order valence-electron chi connectivity index (χ3n) is 3.45. The van der Waals surface area contributed by atoms with Crippen molar-refractivity contribution in [2.75, 3.05) is 11.9 Å². The predicted molar refractivity (Wildman–Crippen MR) is 94.1 cm³/mol. The highest BCUT2D eigenvalue weighted by Crippen LogP contribution is 2.32. The number of carbonyl (C=O) groups is 3. The third-order valence-corrected chi connectivity index (χ3v) is 4.36. The number of amides is 3. The molecule has 0 spiro atoms. The molecule has 2 aromatic rings. The number of nitrogens with one attached hydrogen (secondary N) is 1. The van der Waals surface area contributed by atoms with E-state index in [1.807, 2.05) is 0 Å². The average molecular weight is 374 g/mol. The summed E-state index contributed by atoms with van der Waals surface area (Å²) in [6, 6.07) is 10.7. The molecule has 132 valence electrons. The molecule has 1 aliphatic rings. The first kappa shape index (κ1) is 17.8. The van der Waals surface area contributed by atoms with Gasteiger partial charge < -0.3 is 5.32 Å². The number of benzene rings is 2. The lowest BCUT2D eigenvalue weighted by molar-refractivity contribution is -0.127. The van der Waals surface area contributed by atoms with E-state index in [0.29, 0.717) is 23.0 Å². The second-order valence-electron chi connectivity index (χ2n) is 5.38. The first-order valence-corrected chi connectivity index (χ1v) is 8.30. The summed E-state index contributed by atoms with van der Waals surface area (Å²) in [4.78, 5) is 37.3. The van der Waals surface area contributed by atoms with E-state index >= 15 is 0 Å². The highest BCUT2D eigenvalue weighted by molar-refractivity contribution is 8.18. The van der Waals surface area contributed by atoms with Crippen molar-refractivity contribution in [2.24, 2.45) is 0 Å². The number of carbonyl (C=O) groups excluding carboxylic acids is 3. The quantitative estimate of drug-likeness (QED) is 0.830. The van der Waals surface area contributed by atoms with E-state index in [0.717, 1.165) is 4.90 Å². The molecule has 5 nitrogen and oxygen atoms in total. The molecule has 3 amide bonds. The highest BCUT2D eigenvalue weighted by atomic mass is 32.2. The van der Waals surface area contributed by atoms with Gasteiger partial charge in [-0.15, -0.1) is 0 Å². The predicted octanol–water partition coefficient (Wildman–Crippen LogP) is 3.64. The van der Waals surface area contributed by atoms with Crippen LogP contribution in [-0.4, -0.2) is 28.5 Å². The SMILES string of the molecule is O=C(CN1C(=O)S/C(=C/c2cccc(F)c2)C1=O)Nc1ccc(F)cc1. The minimum Gasteiger partial charge on any atom is -0.325 e. The zero-order chi connectivity index (χ0) is 18.7. The summed E-state index contributed by atoms with van der Waals surface area (Å²) >= 11 is 0.679. The first-order chi connectivity index (χ1) is 12.4. The van der Waals surface area contributed by atoms with Crippen LogP contribution in [0.25, 0.3) is 6.08 Å². The van der Waals surface area contributed by atoms with Crippen molar-refractivity contribution < 1.29 is 23.2 Å². The molecule has 0 atom stereocenters. The van der Waals surface area contributed by atoms with Gasteiger partial charge in [0.25, 0.3) is 11.1 Å². The maximum atomic E-state index is 13.2. The Kier molecular flexibility index (Phi) is 5.13. The van der Waals surface area contributed by atoms with Crippen molar-refractivity contribution >= 4 is 40.6 Å². The van der Waals surface area contributed by atoms with Crippen molar-refractivity contribution in [2.45, 2.75) is 0 Å². The molecule has 0 radical (unpaired) electrons. The minimum absolute atomic E-state index is 0.107. The third kappa shape index (κ3) is 4.15. The van der Waals surface area contributed by atoms with E-state index in [2.05, 4.69) is 5.32 Å². The Hall–Kier alpha value is -3.00. The Morgan fingerprint density at radius 2 is 1.81 bits per heavy atom. The van der Waals surface area contributed by atoms with Gasteiger partial charge >= 0.3 is 0 Å². The van der Waals surface area contributed by atoms with Crippen molar-refractivity contribution in [1.82, 2.24) is 4.90 Å². The van der Waals surface area contributed by atoms with Crippen molar-refractivity contribution in [3.05, 3.63) is 70.6 Å². The Morgan fingerprint density at radius 1 is 1.08 bits per heavy atom. The van der Waals surface area contributed by atoms with Gasteiger partial charge in [0.2, 0.25) is 5.91 Å². The number of rotatable bonds is 4. The summed E-state index contributed by atoms with van der Waals surface area (Å²) in [6.07, 6.45) is 1.39. The summed E-state index contributed by atoms with van der Waals surface area (Å²) in [5.74, 6) is -2.13. The van der Waals surface area contributed by atoms with Crippen molar-refractivity contribution in [1.29, 1.82) is 0 Å². The van der Waals surface area contributed by atoms with Crippen LogP contribution in [-0.2, 0) is 9.59 Å². The normalized spacial score (nSPS) is 15.6. The van der Waals surface area contributed by atoms with Gasteiger partial charge in [-0.25, -0.2) is 8.78 Å². The first-order valence-electron chi connectivity index (χ1n) is 7.49. The molecule has 0 saturated carbocycles. The number of hydrogen-bond donors (Lipinski definition) is 1. The average Bonchev–Trinajstić information content (AvgIpc) is 2.84. The number of thioether (sulfide) groups is 1. The standard InChI is InChI=1S/C18H12F2N2O3S/c19-12-4-6-14(7-5-12)21-16(23)10-22-17(24)15(26-18(22)25)9-11-2-1-3-13(20)8-11/h1-9H,10H2,(H,21,23)/b15-9+. The second-order valence-corrected chi connectivity index (χ2v) is 6.37. The van der Waals surface area contributed by atoms with Gasteiger partial charge in [0.1, 0.15) is 18.2 Å². The van der Waals surface area contributed by atoms with Crippen LogP contribution in [0, 0.1) is 11.6 Å². The van der Waals surface area contributed by atoms with Gasteiger partial charge in [0, 0.05) is 5.69 Å². The molecule has 0 aromatic heterocycles. The Labute approximate surface area is 151 Å². The molecule has 3 rings (SSSR count). The van der Waals surface area contributed by atoms with Gasteiger partial charge in [-0.3, -0.25) is 19.3 Å². The number of imide groups is 1. The molecule has 1 N–H and O–H groups in total. The lowest BCUT2D eigenvalue weighted by Gasteiger charge is -2.12. The second kappa shape index (κ2) is 7.49. The van der Waals surface area contributed by atoms with E-state index in [9.17, 15) is 23.2 Å². The van der Waals surface area contributed by atoms with E-state index in [4.69, 9.17) is 0 Å². The van der Waals surface area contributed by atoms with Gasteiger partial charge in [0.05, 0.1) is 4.91 Å². The fourth-order valence-electron chi connectivity index (χ4n) is 2.26. The molecular weight excluding hydrogens is 362 g/mol. The van der Waals surface area contributed by atoms with Crippen LogP contribution in [0.3, 0.4) is 0 Å². The molecule has 0 unspecified atom stereocenters. The lowest BCUT2D eigenvalue weighted by atomic mass is 10.2. The monoisotopic (exact) mass is 374 g/mol. The smallest absolute Gasteiger partial charge is 0.294 e. The molecule has 1 aliphatic heterocycles. The van der Waals surface area contributed by atoms with E-state index in [-0.39, 0.29) is 4.91 Å². The molecule has 2 aromatic carbocycles. The van der Waals surface area contributed by atoms with Crippen LogP contribution in [0.1, 0.15) is 5.56 Å². The molecule has 1 saturated heterocycles. The number of hydrogen-bond acceptors (Lipinski definition) is 4. The number of nitrogens with zero attached hydrogens (tertiary/aromatic N) is 1. The summed E-state index contributed by atoms with van der Waals surface area (Å²) in [6.45, 7) is -0.470. The molecule has 26 heavy (non-hydrogen) atoms. The lowest BCUT2D eigenvalue weighted by Crippen LogP contribution is -2.36. The van der Waals surface area contributed by atoms with Gasteiger partial charge in [-0.05, 0) is 59.8 Å². The summed E-state index contributed by atoms with van der Waals surface area (Å²) in [5.41, 5.74) is 0.782. The van der Waals surface area contributed by atoms with Crippen LogP contribution in [0.2, 0.25) is 0 Å². The molecule has 1 fully saturated rings. The summed E-state index contributed by atoms with van der Waals surface area (Å²) in [7, 11) is 0. The van der Waals surface area contributed by atoms with Crippen LogP contribution in [0.4, 0.5) is 19.3 Å². The topological polar surface area (TPSA) is 66.5 Å². The molecule has 1 heterocycles. The van der Waals surface area contributed by atoms with Crippen LogP contribution >= 0.6 is 11.8 Å². The summed E-state index contributed by atoms with van der Waals surface area (Å²) < 4.78 is 26.1. The van der Waals surface area contributed by atoms with E-state index in [1.54, 1.807) is 6.07 Å². The van der Waals surface area contributed by atoms with Gasteiger partial charge in [0.15, 0.2) is 0 Å². The van der Waals surface area contributed by atoms with Crippen LogP contribution in [0.15, 0.2) is 53.4 Å². The fraction of sp³-hybridized carbons (Fsp3) is 0.0556. The number of anilines is 1. The Morgan fingerprint density at radius 3 is 2.50 bits per heavy atom. The van der Waals surface area contributed by atoms with Crippen LogP contribution in [0.5, 0.6) is 0 Å². The molecule has 0 bridgehead atoms. The van der Waals surface area contributed by atoms with Gasteiger partial charge in [-0.2, -0.15) is 0 Å². The maximum Gasteiger partial charge on any atom is 0.294 e. The zero-order valence-corrected chi connectivity index (χ0v) is 14.1. The molecule has 8 heteroatoms. The Balaban J connectivity index is 1.69. The van der Waals surface area contributed by atoms with E-state index in [1.165, 1.54) is 48.5 Å².